The summed E-state index contributed by atoms with van der Waals surface area (Å²) in [5.74, 6) is 0.0659. The molecule has 0 unspecified atom stereocenters. The van der Waals surface area contributed by atoms with Gasteiger partial charge in [0.1, 0.15) is 0 Å². The highest BCUT2D eigenvalue weighted by Crippen LogP contribution is 2.22. The molecule has 0 fully saturated rings. The van der Waals surface area contributed by atoms with Crippen LogP contribution in [0.15, 0.2) is 66.1 Å². The van der Waals surface area contributed by atoms with Crippen molar-refractivity contribution in [3.05, 3.63) is 77.2 Å². The molecule has 0 aliphatic rings. The minimum Gasteiger partial charge on any atom is -0.289 e. The van der Waals surface area contributed by atoms with Gasteiger partial charge in [0.2, 0.25) is 0 Å². The van der Waals surface area contributed by atoms with E-state index < -0.39 is 0 Å². The van der Waals surface area contributed by atoms with Crippen LogP contribution in [0, 0.1) is 0 Å². The fourth-order valence-corrected chi connectivity index (χ4v) is 2.21. The summed E-state index contributed by atoms with van der Waals surface area (Å²) in [7, 11) is 0. The number of carbonyl (C=O) groups is 1. The van der Waals surface area contributed by atoms with Crippen LogP contribution in [0.25, 0.3) is 5.57 Å². The molecule has 0 aliphatic carbocycles. The first-order valence-electron chi connectivity index (χ1n) is 5.71. The predicted octanol–water partition coefficient (Wildman–Crippen LogP) is 4.27. The van der Waals surface area contributed by atoms with Crippen molar-refractivity contribution in [2.75, 3.05) is 6.26 Å². The predicted molar refractivity (Wildman–Crippen MR) is 78.7 cm³/mol. The van der Waals surface area contributed by atoms with Crippen LogP contribution in [0.3, 0.4) is 0 Å². The molecular formula is C16H14OS. The van der Waals surface area contributed by atoms with Crippen LogP contribution in [0.2, 0.25) is 0 Å². The molecule has 0 N–H and O–H groups in total. The number of benzene rings is 2. The molecular weight excluding hydrogens is 240 g/mol. The van der Waals surface area contributed by atoms with Crippen LogP contribution in [0.1, 0.15) is 15.9 Å². The fourth-order valence-electron chi connectivity index (χ4n) is 1.73. The number of ketones is 1. The SMILES string of the molecule is CS/C=C(/C(=O)c1ccccc1)c1ccccc1. The van der Waals surface area contributed by atoms with Crippen molar-refractivity contribution >= 4 is 23.1 Å². The average molecular weight is 254 g/mol. The third kappa shape index (κ3) is 2.90. The molecule has 2 heteroatoms. The summed E-state index contributed by atoms with van der Waals surface area (Å²) in [6, 6.07) is 19.1. The number of carbonyl (C=O) groups excluding carboxylic acids is 1. The van der Waals surface area contributed by atoms with Gasteiger partial charge in [-0.1, -0.05) is 60.7 Å². The smallest absolute Gasteiger partial charge is 0.194 e. The molecule has 2 aromatic carbocycles. The van der Waals surface area contributed by atoms with Gasteiger partial charge in [-0.2, -0.15) is 0 Å². The number of thioether (sulfide) groups is 1. The average Bonchev–Trinajstić information content (AvgIpc) is 2.46. The molecule has 0 spiro atoms. The first kappa shape index (κ1) is 12.7. The van der Waals surface area contributed by atoms with Gasteiger partial charge in [-0.15, -0.1) is 11.8 Å². The summed E-state index contributed by atoms with van der Waals surface area (Å²) in [5, 5.41) is 1.91. The Morgan fingerprint density at radius 2 is 1.39 bits per heavy atom. The standard InChI is InChI=1S/C16H14OS/c1-18-12-15(13-8-4-2-5-9-13)16(17)14-10-6-3-7-11-14/h2-12H,1H3/b15-12+. The minimum absolute atomic E-state index is 0.0659. The molecule has 0 heterocycles. The van der Waals surface area contributed by atoms with Crippen molar-refractivity contribution in [1.82, 2.24) is 0 Å². The Morgan fingerprint density at radius 1 is 0.889 bits per heavy atom. The van der Waals surface area contributed by atoms with Gasteiger partial charge in [-0.3, -0.25) is 4.79 Å². The lowest BCUT2D eigenvalue weighted by Gasteiger charge is -2.06. The second-order valence-electron chi connectivity index (χ2n) is 3.83. The zero-order valence-electron chi connectivity index (χ0n) is 10.2. The Hall–Kier alpha value is -1.80. The van der Waals surface area contributed by atoms with E-state index in [1.165, 1.54) is 0 Å². The fraction of sp³-hybridized carbons (Fsp3) is 0.0625. The largest absolute Gasteiger partial charge is 0.289 e. The van der Waals surface area contributed by atoms with Gasteiger partial charge in [-0.25, -0.2) is 0 Å². The normalized spacial score (nSPS) is 11.3. The van der Waals surface area contributed by atoms with Gasteiger partial charge in [0, 0.05) is 11.1 Å². The Morgan fingerprint density at radius 3 is 1.89 bits per heavy atom. The second kappa shape index (κ2) is 6.22. The number of allylic oxidation sites excluding steroid dienone is 1. The van der Waals surface area contributed by atoms with E-state index in [0.717, 1.165) is 16.7 Å². The lowest BCUT2D eigenvalue weighted by molar-refractivity contribution is 0.105. The number of Topliss-reactive ketones (excluding diaryl/α,β-unsaturated/α-hetero) is 1. The van der Waals surface area contributed by atoms with Gasteiger partial charge in [0.25, 0.3) is 0 Å². The Bertz CT molecular complexity index is 544. The van der Waals surface area contributed by atoms with E-state index in [2.05, 4.69) is 0 Å². The maximum Gasteiger partial charge on any atom is 0.194 e. The van der Waals surface area contributed by atoms with Gasteiger partial charge >= 0.3 is 0 Å². The molecule has 0 saturated heterocycles. The van der Waals surface area contributed by atoms with E-state index >= 15 is 0 Å². The van der Waals surface area contributed by atoms with Crippen LogP contribution >= 0.6 is 11.8 Å². The second-order valence-corrected chi connectivity index (χ2v) is 4.54. The summed E-state index contributed by atoms with van der Waals surface area (Å²) in [6.07, 6.45) is 1.96. The monoisotopic (exact) mass is 254 g/mol. The first-order valence-corrected chi connectivity index (χ1v) is 7.00. The van der Waals surface area contributed by atoms with Gasteiger partial charge in [-0.05, 0) is 17.2 Å². The Balaban J connectivity index is 2.39. The third-order valence-corrected chi connectivity index (χ3v) is 3.07. The summed E-state index contributed by atoms with van der Waals surface area (Å²) >= 11 is 1.54. The van der Waals surface area contributed by atoms with Crippen LogP contribution < -0.4 is 0 Å². The van der Waals surface area contributed by atoms with E-state index in [-0.39, 0.29) is 5.78 Å². The zero-order valence-corrected chi connectivity index (χ0v) is 11.0. The van der Waals surface area contributed by atoms with E-state index in [1.54, 1.807) is 11.8 Å². The minimum atomic E-state index is 0.0659. The van der Waals surface area contributed by atoms with E-state index in [4.69, 9.17) is 0 Å². The molecule has 1 nitrogen and oxygen atoms in total. The zero-order chi connectivity index (χ0) is 12.8. The topological polar surface area (TPSA) is 17.1 Å². The number of hydrogen-bond donors (Lipinski definition) is 0. The van der Waals surface area contributed by atoms with Crippen molar-refractivity contribution in [3.8, 4) is 0 Å². The first-order chi connectivity index (χ1) is 8.83. The van der Waals surface area contributed by atoms with E-state index in [9.17, 15) is 4.79 Å². The molecule has 0 amide bonds. The Kier molecular flexibility index (Phi) is 4.37. The maximum absolute atomic E-state index is 12.5. The molecule has 0 aromatic heterocycles. The maximum atomic E-state index is 12.5. The highest BCUT2D eigenvalue weighted by Gasteiger charge is 2.13. The quantitative estimate of drug-likeness (QED) is 0.598. The van der Waals surface area contributed by atoms with Crippen molar-refractivity contribution in [2.24, 2.45) is 0 Å². The number of rotatable bonds is 4. The van der Waals surface area contributed by atoms with Crippen LogP contribution in [0.5, 0.6) is 0 Å². The van der Waals surface area contributed by atoms with Crippen molar-refractivity contribution < 1.29 is 4.79 Å². The lowest BCUT2D eigenvalue weighted by atomic mass is 9.98. The van der Waals surface area contributed by atoms with Crippen molar-refractivity contribution in [3.63, 3.8) is 0 Å². The molecule has 0 atom stereocenters. The highest BCUT2D eigenvalue weighted by atomic mass is 32.2. The van der Waals surface area contributed by atoms with Crippen molar-refractivity contribution in [1.29, 1.82) is 0 Å². The molecule has 90 valence electrons. The summed E-state index contributed by atoms with van der Waals surface area (Å²) in [4.78, 5) is 12.5. The molecule has 18 heavy (non-hydrogen) atoms. The van der Waals surface area contributed by atoms with Crippen LogP contribution in [-0.4, -0.2) is 12.0 Å². The van der Waals surface area contributed by atoms with Gasteiger partial charge in [0.05, 0.1) is 0 Å². The van der Waals surface area contributed by atoms with Crippen molar-refractivity contribution in [2.45, 2.75) is 0 Å². The molecule has 0 saturated carbocycles. The van der Waals surface area contributed by atoms with Crippen LogP contribution in [-0.2, 0) is 0 Å². The molecule has 0 bridgehead atoms. The molecule has 0 radical (unpaired) electrons. The molecule has 2 rings (SSSR count). The summed E-state index contributed by atoms with van der Waals surface area (Å²) in [5.41, 5.74) is 2.43. The lowest BCUT2D eigenvalue weighted by Crippen LogP contribution is -2.02. The van der Waals surface area contributed by atoms with Gasteiger partial charge < -0.3 is 0 Å². The molecule has 2 aromatic rings. The summed E-state index contributed by atoms with van der Waals surface area (Å²) < 4.78 is 0. The summed E-state index contributed by atoms with van der Waals surface area (Å²) in [6.45, 7) is 0. The Labute approximate surface area is 112 Å². The highest BCUT2D eigenvalue weighted by molar-refractivity contribution is 8.01. The molecule has 0 aliphatic heterocycles. The van der Waals surface area contributed by atoms with E-state index in [0.29, 0.717) is 0 Å². The van der Waals surface area contributed by atoms with E-state index in [1.807, 2.05) is 72.3 Å². The number of hydrogen-bond acceptors (Lipinski definition) is 2. The van der Waals surface area contributed by atoms with Gasteiger partial charge in [0.15, 0.2) is 5.78 Å². The third-order valence-electron chi connectivity index (χ3n) is 2.60. The van der Waals surface area contributed by atoms with Crippen LogP contribution in [0.4, 0.5) is 0 Å².